The molecule has 0 fully saturated rings. The van der Waals surface area contributed by atoms with Crippen LogP contribution in [-0.2, 0) is 0 Å². The van der Waals surface area contributed by atoms with Crippen LogP contribution < -0.4 is 4.90 Å². The Morgan fingerprint density at radius 1 is 0.842 bits per heavy atom. The first-order chi connectivity index (χ1) is 9.08. The number of para-hydroxylation sites is 1. The van der Waals surface area contributed by atoms with Crippen LogP contribution in [0.2, 0.25) is 0 Å². The number of benzene rings is 2. The standard InChI is InChI=1S/C18H19N/c1-14-9-10-16(13-15(14)2)11-12-17-7-5-6-8-18(17)19(3)4/h5-10,13H,1-4H3. The van der Waals surface area contributed by atoms with Gasteiger partial charge in [0.15, 0.2) is 0 Å². The van der Waals surface area contributed by atoms with Crippen molar-refractivity contribution in [3.05, 3.63) is 64.7 Å². The molecule has 0 N–H and O–H groups in total. The number of anilines is 1. The second-order valence-corrected chi connectivity index (χ2v) is 4.96. The Labute approximate surface area is 115 Å². The summed E-state index contributed by atoms with van der Waals surface area (Å²) in [7, 11) is 4.08. The van der Waals surface area contributed by atoms with Crippen LogP contribution in [0.1, 0.15) is 22.3 Å². The van der Waals surface area contributed by atoms with Gasteiger partial charge in [0.05, 0.1) is 5.69 Å². The molecule has 0 radical (unpaired) electrons. The van der Waals surface area contributed by atoms with Crippen LogP contribution in [0.3, 0.4) is 0 Å². The normalized spacial score (nSPS) is 9.68. The van der Waals surface area contributed by atoms with Crippen molar-refractivity contribution in [2.75, 3.05) is 19.0 Å². The van der Waals surface area contributed by atoms with E-state index in [4.69, 9.17) is 0 Å². The quantitative estimate of drug-likeness (QED) is 0.695. The van der Waals surface area contributed by atoms with E-state index in [1.54, 1.807) is 0 Å². The summed E-state index contributed by atoms with van der Waals surface area (Å²) in [5, 5.41) is 0. The Morgan fingerprint density at radius 2 is 1.58 bits per heavy atom. The maximum absolute atomic E-state index is 3.27. The highest BCUT2D eigenvalue weighted by molar-refractivity contribution is 5.61. The molecule has 1 heteroatoms. The first-order valence-corrected chi connectivity index (χ1v) is 6.43. The van der Waals surface area contributed by atoms with E-state index in [1.807, 2.05) is 26.2 Å². The average molecular weight is 249 g/mol. The monoisotopic (exact) mass is 249 g/mol. The molecule has 0 atom stereocenters. The summed E-state index contributed by atoms with van der Waals surface area (Å²) in [6.07, 6.45) is 0. The highest BCUT2D eigenvalue weighted by Gasteiger charge is 2.00. The molecule has 2 aromatic carbocycles. The zero-order chi connectivity index (χ0) is 13.8. The van der Waals surface area contributed by atoms with Crippen LogP contribution in [0.4, 0.5) is 5.69 Å². The van der Waals surface area contributed by atoms with E-state index in [2.05, 4.69) is 60.9 Å². The molecule has 0 aromatic heterocycles. The molecule has 0 aliphatic heterocycles. The zero-order valence-electron chi connectivity index (χ0n) is 12.0. The molecule has 0 aliphatic rings. The topological polar surface area (TPSA) is 3.24 Å². The third-order valence-corrected chi connectivity index (χ3v) is 3.23. The lowest BCUT2D eigenvalue weighted by atomic mass is 10.1. The molecular weight excluding hydrogens is 230 g/mol. The molecule has 0 heterocycles. The summed E-state index contributed by atoms with van der Waals surface area (Å²) >= 11 is 0. The van der Waals surface area contributed by atoms with Gasteiger partial charge in [-0.15, -0.1) is 0 Å². The highest BCUT2D eigenvalue weighted by Crippen LogP contribution is 2.17. The summed E-state index contributed by atoms with van der Waals surface area (Å²) in [6.45, 7) is 4.24. The van der Waals surface area contributed by atoms with E-state index in [9.17, 15) is 0 Å². The number of hydrogen-bond acceptors (Lipinski definition) is 1. The Morgan fingerprint density at radius 3 is 2.26 bits per heavy atom. The predicted molar refractivity (Wildman–Crippen MR) is 82.7 cm³/mol. The first kappa shape index (κ1) is 13.2. The molecule has 2 aromatic rings. The van der Waals surface area contributed by atoms with Crippen LogP contribution in [0.15, 0.2) is 42.5 Å². The molecule has 0 saturated heterocycles. The van der Waals surface area contributed by atoms with Gasteiger partial charge in [0.1, 0.15) is 0 Å². The van der Waals surface area contributed by atoms with Crippen molar-refractivity contribution in [1.82, 2.24) is 0 Å². The maximum Gasteiger partial charge on any atom is 0.0520 e. The Kier molecular flexibility index (Phi) is 3.92. The second kappa shape index (κ2) is 5.63. The van der Waals surface area contributed by atoms with Crippen LogP contribution in [-0.4, -0.2) is 14.1 Å². The van der Waals surface area contributed by atoms with Crippen molar-refractivity contribution in [2.45, 2.75) is 13.8 Å². The smallest absolute Gasteiger partial charge is 0.0520 e. The average Bonchev–Trinajstić information content (AvgIpc) is 2.40. The Bertz CT molecular complexity index is 642. The van der Waals surface area contributed by atoms with Gasteiger partial charge in [-0.05, 0) is 49.2 Å². The van der Waals surface area contributed by atoms with Crippen molar-refractivity contribution in [1.29, 1.82) is 0 Å². The molecule has 0 aliphatic carbocycles. The van der Waals surface area contributed by atoms with Crippen LogP contribution >= 0.6 is 0 Å². The molecule has 19 heavy (non-hydrogen) atoms. The molecule has 1 nitrogen and oxygen atoms in total. The number of hydrogen-bond donors (Lipinski definition) is 0. The van der Waals surface area contributed by atoms with Crippen LogP contribution in [0.5, 0.6) is 0 Å². The lowest BCUT2D eigenvalue weighted by molar-refractivity contribution is 1.13. The molecule has 0 unspecified atom stereocenters. The van der Waals surface area contributed by atoms with E-state index in [-0.39, 0.29) is 0 Å². The fraction of sp³-hybridized carbons (Fsp3) is 0.222. The van der Waals surface area contributed by atoms with Crippen molar-refractivity contribution in [2.24, 2.45) is 0 Å². The molecule has 0 spiro atoms. The van der Waals surface area contributed by atoms with Crippen molar-refractivity contribution >= 4 is 5.69 Å². The summed E-state index contributed by atoms with van der Waals surface area (Å²) in [6, 6.07) is 14.5. The Balaban J connectivity index is 2.36. The molecule has 0 saturated carbocycles. The van der Waals surface area contributed by atoms with Gasteiger partial charge in [0.25, 0.3) is 0 Å². The number of aryl methyl sites for hydroxylation is 2. The van der Waals surface area contributed by atoms with Gasteiger partial charge < -0.3 is 4.90 Å². The fourth-order valence-corrected chi connectivity index (χ4v) is 1.93. The minimum atomic E-state index is 1.06. The van der Waals surface area contributed by atoms with Crippen LogP contribution in [0, 0.1) is 25.7 Å². The predicted octanol–water partition coefficient (Wildman–Crippen LogP) is 3.77. The molecule has 0 amide bonds. The van der Waals surface area contributed by atoms with E-state index in [1.165, 1.54) is 11.1 Å². The van der Waals surface area contributed by atoms with Gasteiger partial charge in [0, 0.05) is 25.2 Å². The summed E-state index contributed by atoms with van der Waals surface area (Å²) in [5.74, 6) is 6.51. The summed E-state index contributed by atoms with van der Waals surface area (Å²) < 4.78 is 0. The minimum absolute atomic E-state index is 1.06. The van der Waals surface area contributed by atoms with Gasteiger partial charge in [-0.1, -0.05) is 30.0 Å². The number of rotatable bonds is 1. The lowest BCUT2D eigenvalue weighted by Gasteiger charge is -2.13. The molecule has 2 rings (SSSR count). The summed E-state index contributed by atoms with van der Waals surface area (Å²) in [4.78, 5) is 2.09. The Hall–Kier alpha value is -2.20. The van der Waals surface area contributed by atoms with Crippen molar-refractivity contribution in [3.8, 4) is 11.8 Å². The zero-order valence-corrected chi connectivity index (χ0v) is 12.0. The third kappa shape index (κ3) is 3.17. The second-order valence-electron chi connectivity index (χ2n) is 4.96. The highest BCUT2D eigenvalue weighted by atomic mass is 15.1. The van der Waals surface area contributed by atoms with Gasteiger partial charge in [0.2, 0.25) is 0 Å². The first-order valence-electron chi connectivity index (χ1n) is 6.43. The fourth-order valence-electron chi connectivity index (χ4n) is 1.93. The number of nitrogens with zero attached hydrogens (tertiary/aromatic N) is 1. The third-order valence-electron chi connectivity index (χ3n) is 3.23. The van der Waals surface area contributed by atoms with Crippen molar-refractivity contribution < 1.29 is 0 Å². The van der Waals surface area contributed by atoms with Crippen LogP contribution in [0.25, 0.3) is 0 Å². The molecule has 96 valence electrons. The van der Waals surface area contributed by atoms with Crippen molar-refractivity contribution in [3.63, 3.8) is 0 Å². The molecular formula is C18H19N. The summed E-state index contributed by atoms with van der Waals surface area (Å²) in [5.41, 5.74) is 5.87. The van der Waals surface area contributed by atoms with Gasteiger partial charge in [-0.25, -0.2) is 0 Å². The van der Waals surface area contributed by atoms with E-state index >= 15 is 0 Å². The van der Waals surface area contributed by atoms with E-state index < -0.39 is 0 Å². The molecule has 0 bridgehead atoms. The van der Waals surface area contributed by atoms with Gasteiger partial charge in [-0.3, -0.25) is 0 Å². The maximum atomic E-state index is 3.27. The van der Waals surface area contributed by atoms with E-state index in [0.29, 0.717) is 0 Å². The minimum Gasteiger partial charge on any atom is -0.377 e. The van der Waals surface area contributed by atoms with Gasteiger partial charge >= 0.3 is 0 Å². The lowest BCUT2D eigenvalue weighted by Crippen LogP contribution is -2.10. The van der Waals surface area contributed by atoms with Gasteiger partial charge in [-0.2, -0.15) is 0 Å². The van der Waals surface area contributed by atoms with E-state index in [0.717, 1.165) is 16.8 Å². The SMILES string of the molecule is Cc1ccc(C#Cc2ccccc2N(C)C)cc1C. The largest absolute Gasteiger partial charge is 0.377 e.